The minimum Gasteiger partial charge on any atom is -0.338 e. The van der Waals surface area contributed by atoms with Gasteiger partial charge in [0, 0.05) is 25.4 Å². The zero-order valence-electron chi connectivity index (χ0n) is 12.9. The molecule has 0 spiro atoms. The topological polar surface area (TPSA) is 20.3 Å². The number of nitrogens with zero attached hydrogens (tertiary/aromatic N) is 1. The van der Waals surface area contributed by atoms with E-state index in [1.807, 2.05) is 11.0 Å². The first-order valence-electron chi connectivity index (χ1n) is 7.98. The number of piperidine rings is 1. The van der Waals surface area contributed by atoms with Gasteiger partial charge in [-0.25, -0.2) is 0 Å². The predicted molar refractivity (Wildman–Crippen MR) is 85.3 cm³/mol. The highest BCUT2D eigenvalue weighted by Gasteiger charge is 2.27. The van der Waals surface area contributed by atoms with Gasteiger partial charge < -0.3 is 4.90 Å². The van der Waals surface area contributed by atoms with Crippen molar-refractivity contribution >= 4 is 5.91 Å². The summed E-state index contributed by atoms with van der Waals surface area (Å²) in [5.74, 6) is 1.23. The first-order chi connectivity index (χ1) is 10.1. The minimum absolute atomic E-state index is 0.196. The number of hydrogen-bond donors (Lipinski definition) is 0. The van der Waals surface area contributed by atoms with Gasteiger partial charge >= 0.3 is 0 Å². The number of benzene rings is 1. The van der Waals surface area contributed by atoms with Crippen LogP contribution >= 0.6 is 0 Å². The summed E-state index contributed by atoms with van der Waals surface area (Å²) in [7, 11) is 0. The molecule has 110 valence electrons. The lowest BCUT2D eigenvalue weighted by Crippen LogP contribution is -2.40. The summed E-state index contributed by atoms with van der Waals surface area (Å²) in [6, 6.07) is 8.89. The van der Waals surface area contributed by atoms with Crippen LogP contribution in [0, 0.1) is 0 Å². The molecule has 1 saturated heterocycles. The summed E-state index contributed by atoms with van der Waals surface area (Å²) in [6.07, 6.45) is 5.00. The number of carbonyl (C=O) groups excluding carboxylic acids is 1. The Balaban J connectivity index is 1.75. The van der Waals surface area contributed by atoms with Crippen molar-refractivity contribution in [1.29, 1.82) is 0 Å². The van der Waals surface area contributed by atoms with Crippen LogP contribution in [-0.2, 0) is 4.79 Å². The zero-order valence-corrected chi connectivity index (χ0v) is 12.9. The maximum Gasteiger partial charge on any atom is 0.257 e. The highest BCUT2D eigenvalue weighted by atomic mass is 16.2. The Morgan fingerprint density at radius 3 is 2.86 bits per heavy atom. The van der Waals surface area contributed by atoms with Crippen LogP contribution in [0.1, 0.15) is 56.1 Å². The first kappa shape index (κ1) is 14.2. The standard InChI is InChI=1S/C19H23NO/c1-14(2)16-8-4-9-17(12-16)18-10-5-11-20(13-18)19(21)15-6-3-7-15/h3-4,8-9,12,14,18H,5-6,10-11,13H2,1-2H3. The Kier molecular flexibility index (Phi) is 3.98. The van der Waals surface area contributed by atoms with E-state index >= 15 is 0 Å². The van der Waals surface area contributed by atoms with Gasteiger partial charge in [-0.05, 0) is 36.0 Å². The summed E-state index contributed by atoms with van der Waals surface area (Å²) < 4.78 is 0. The monoisotopic (exact) mass is 281 g/mol. The highest BCUT2D eigenvalue weighted by Crippen LogP contribution is 2.30. The Morgan fingerprint density at radius 2 is 2.19 bits per heavy atom. The molecule has 0 saturated carbocycles. The lowest BCUT2D eigenvalue weighted by atomic mass is 9.88. The third-order valence-corrected chi connectivity index (χ3v) is 4.60. The predicted octanol–water partition coefficient (Wildman–Crippen LogP) is 4.00. The van der Waals surface area contributed by atoms with Crippen LogP contribution in [0.15, 0.2) is 41.6 Å². The van der Waals surface area contributed by atoms with Crippen LogP contribution in [-0.4, -0.2) is 23.9 Å². The molecular weight excluding hydrogens is 258 g/mol. The number of amides is 1. The molecule has 1 aromatic carbocycles. The Labute approximate surface area is 127 Å². The molecule has 1 heterocycles. The summed E-state index contributed by atoms with van der Waals surface area (Å²) in [4.78, 5) is 14.4. The maximum absolute atomic E-state index is 12.3. The van der Waals surface area contributed by atoms with Crippen LogP contribution in [0.25, 0.3) is 0 Å². The molecule has 1 amide bonds. The molecule has 0 bridgehead atoms. The van der Waals surface area contributed by atoms with Crippen LogP contribution < -0.4 is 0 Å². The molecule has 3 rings (SSSR count). The molecule has 2 aliphatic rings. The number of rotatable bonds is 3. The van der Waals surface area contributed by atoms with Gasteiger partial charge in [-0.3, -0.25) is 4.79 Å². The van der Waals surface area contributed by atoms with Gasteiger partial charge in [0.2, 0.25) is 0 Å². The van der Waals surface area contributed by atoms with Gasteiger partial charge in [0.25, 0.3) is 5.91 Å². The van der Waals surface area contributed by atoms with E-state index in [1.54, 1.807) is 0 Å². The molecule has 1 aliphatic carbocycles. The van der Waals surface area contributed by atoms with Crippen LogP contribution in [0.4, 0.5) is 0 Å². The number of hydrogen-bond acceptors (Lipinski definition) is 1. The van der Waals surface area contributed by atoms with Crippen molar-refractivity contribution in [1.82, 2.24) is 4.90 Å². The summed E-state index contributed by atoms with van der Waals surface area (Å²) in [6.45, 7) is 6.20. The SMILES string of the molecule is CC(C)c1cccc(C2CCCN(C(=O)C3=C=CC3)C2)c1. The fraction of sp³-hybridized carbons (Fsp3) is 0.474. The van der Waals surface area contributed by atoms with Crippen LogP contribution in [0.5, 0.6) is 0 Å². The summed E-state index contributed by atoms with van der Waals surface area (Å²) >= 11 is 0. The minimum atomic E-state index is 0.196. The van der Waals surface area contributed by atoms with E-state index in [0.717, 1.165) is 31.5 Å². The Morgan fingerprint density at radius 1 is 1.38 bits per heavy atom. The fourth-order valence-corrected chi connectivity index (χ4v) is 3.15. The second kappa shape index (κ2) is 5.91. The van der Waals surface area contributed by atoms with Crippen LogP contribution in [0.3, 0.4) is 0 Å². The van der Waals surface area contributed by atoms with Crippen molar-refractivity contribution in [2.45, 2.75) is 44.9 Å². The third kappa shape index (κ3) is 2.96. The first-order valence-corrected chi connectivity index (χ1v) is 7.98. The van der Waals surface area contributed by atoms with E-state index in [2.05, 4.69) is 43.8 Å². The molecule has 1 atom stereocenters. The molecule has 0 aromatic heterocycles. The van der Waals surface area contributed by atoms with Crippen molar-refractivity contribution in [3.05, 3.63) is 52.8 Å². The summed E-state index contributed by atoms with van der Waals surface area (Å²) in [5.41, 5.74) is 6.65. The average molecular weight is 281 g/mol. The molecule has 2 nitrogen and oxygen atoms in total. The Bertz CT molecular complexity index is 608. The quantitative estimate of drug-likeness (QED) is 0.767. The molecule has 0 N–H and O–H groups in total. The second-order valence-electron chi connectivity index (χ2n) is 6.45. The smallest absolute Gasteiger partial charge is 0.257 e. The van der Waals surface area contributed by atoms with Crippen molar-refractivity contribution in [3.8, 4) is 0 Å². The van der Waals surface area contributed by atoms with Crippen molar-refractivity contribution in [3.63, 3.8) is 0 Å². The average Bonchev–Trinajstić information content (AvgIpc) is 2.45. The van der Waals surface area contributed by atoms with E-state index in [0.29, 0.717) is 11.8 Å². The molecule has 21 heavy (non-hydrogen) atoms. The lowest BCUT2D eigenvalue weighted by Gasteiger charge is -2.34. The lowest BCUT2D eigenvalue weighted by molar-refractivity contribution is -0.128. The van der Waals surface area contributed by atoms with Gasteiger partial charge in [0.05, 0.1) is 5.57 Å². The molecule has 2 heteroatoms. The van der Waals surface area contributed by atoms with E-state index in [4.69, 9.17) is 0 Å². The maximum atomic E-state index is 12.3. The highest BCUT2D eigenvalue weighted by molar-refractivity contribution is 5.94. The Hall–Kier alpha value is -1.79. The molecule has 1 fully saturated rings. The van der Waals surface area contributed by atoms with Gasteiger partial charge in [0.1, 0.15) is 0 Å². The normalized spacial score (nSPS) is 21.2. The number of likely N-dealkylation sites (tertiary alicyclic amines) is 1. The van der Waals surface area contributed by atoms with E-state index in [9.17, 15) is 4.79 Å². The number of carbonyl (C=O) groups is 1. The second-order valence-corrected chi connectivity index (χ2v) is 6.45. The van der Waals surface area contributed by atoms with Crippen molar-refractivity contribution < 1.29 is 4.79 Å². The molecule has 0 radical (unpaired) electrons. The van der Waals surface area contributed by atoms with Gasteiger partial charge in [-0.15, -0.1) is 5.73 Å². The van der Waals surface area contributed by atoms with E-state index in [1.165, 1.54) is 17.5 Å². The van der Waals surface area contributed by atoms with Crippen molar-refractivity contribution in [2.75, 3.05) is 13.1 Å². The fourth-order valence-electron chi connectivity index (χ4n) is 3.15. The van der Waals surface area contributed by atoms with Gasteiger partial charge in [-0.1, -0.05) is 38.1 Å². The van der Waals surface area contributed by atoms with E-state index < -0.39 is 0 Å². The third-order valence-electron chi connectivity index (χ3n) is 4.60. The molecule has 1 aliphatic heterocycles. The van der Waals surface area contributed by atoms with Crippen LogP contribution in [0.2, 0.25) is 0 Å². The zero-order chi connectivity index (χ0) is 14.8. The molecule has 1 unspecified atom stereocenters. The molecular formula is C19H23NO. The summed E-state index contributed by atoms with van der Waals surface area (Å²) in [5, 5.41) is 0. The van der Waals surface area contributed by atoms with E-state index in [-0.39, 0.29) is 5.91 Å². The van der Waals surface area contributed by atoms with Crippen molar-refractivity contribution in [2.24, 2.45) is 0 Å². The molecule has 1 aromatic rings. The largest absolute Gasteiger partial charge is 0.338 e. The van der Waals surface area contributed by atoms with Gasteiger partial charge in [0.15, 0.2) is 0 Å². The van der Waals surface area contributed by atoms with Gasteiger partial charge in [-0.2, -0.15) is 0 Å².